The molecule has 0 fully saturated rings. The summed E-state index contributed by atoms with van der Waals surface area (Å²) in [4.78, 5) is 37.3. The molecule has 0 aliphatic heterocycles. The molecule has 1 aliphatic rings. The van der Waals surface area contributed by atoms with Crippen LogP contribution in [-0.4, -0.2) is 33.9 Å². The Morgan fingerprint density at radius 2 is 1.69 bits per heavy atom. The Morgan fingerprint density at radius 3 is 2.23 bits per heavy atom. The molecule has 0 radical (unpaired) electrons. The predicted molar refractivity (Wildman–Crippen MR) is 95.3 cm³/mol. The van der Waals surface area contributed by atoms with E-state index in [1.54, 1.807) is 19.9 Å². The molecular formula is C20H22O6. The second-order valence-corrected chi connectivity index (χ2v) is 6.74. The minimum absolute atomic E-state index is 0.0186. The lowest BCUT2D eigenvalue weighted by atomic mass is 9.85. The van der Waals surface area contributed by atoms with Gasteiger partial charge in [-0.05, 0) is 32.1 Å². The Hall–Kier alpha value is -2.89. The van der Waals surface area contributed by atoms with Gasteiger partial charge in [-0.15, -0.1) is 0 Å². The van der Waals surface area contributed by atoms with Crippen LogP contribution in [-0.2, 0) is 9.53 Å². The lowest BCUT2D eigenvalue weighted by Crippen LogP contribution is -2.30. The molecule has 26 heavy (non-hydrogen) atoms. The zero-order valence-corrected chi connectivity index (χ0v) is 15.2. The van der Waals surface area contributed by atoms with E-state index in [4.69, 9.17) is 4.74 Å². The first-order valence-corrected chi connectivity index (χ1v) is 8.32. The summed E-state index contributed by atoms with van der Waals surface area (Å²) in [6.45, 7) is 7.06. The van der Waals surface area contributed by atoms with Gasteiger partial charge in [0, 0.05) is 12.0 Å². The van der Waals surface area contributed by atoms with E-state index in [2.05, 4.69) is 0 Å². The normalized spacial score (nSPS) is 14.6. The van der Waals surface area contributed by atoms with Gasteiger partial charge in [0.25, 0.3) is 0 Å². The van der Waals surface area contributed by atoms with Crippen LogP contribution in [0, 0.1) is 5.92 Å². The monoisotopic (exact) mass is 358 g/mol. The fourth-order valence-corrected chi connectivity index (χ4v) is 2.58. The van der Waals surface area contributed by atoms with Crippen molar-refractivity contribution in [3.05, 3.63) is 46.6 Å². The molecule has 1 atom stereocenters. The Labute approximate surface area is 151 Å². The van der Waals surface area contributed by atoms with Gasteiger partial charge < -0.3 is 14.9 Å². The van der Waals surface area contributed by atoms with Gasteiger partial charge in [0.15, 0.2) is 11.6 Å². The van der Waals surface area contributed by atoms with Crippen LogP contribution in [0.4, 0.5) is 0 Å². The van der Waals surface area contributed by atoms with Crippen LogP contribution in [0.5, 0.6) is 11.5 Å². The summed E-state index contributed by atoms with van der Waals surface area (Å²) in [5.41, 5.74) is 0.437. The minimum Gasteiger partial charge on any atom is -0.507 e. The third-order valence-electron chi connectivity index (χ3n) is 4.00. The molecule has 0 saturated heterocycles. The largest absolute Gasteiger partial charge is 0.507 e. The second-order valence-electron chi connectivity index (χ2n) is 6.74. The van der Waals surface area contributed by atoms with E-state index >= 15 is 0 Å². The van der Waals surface area contributed by atoms with Crippen molar-refractivity contribution in [3.8, 4) is 11.5 Å². The van der Waals surface area contributed by atoms with Crippen LogP contribution in [0.15, 0.2) is 35.4 Å². The number of ketones is 2. The first-order chi connectivity index (χ1) is 12.1. The number of hydrogen-bond donors (Lipinski definition) is 2. The summed E-state index contributed by atoms with van der Waals surface area (Å²) in [6.07, 6.45) is 2.14. The standard InChI is InChI=1S/C20H22O6/c1-10(2)5-8-16(26-20(25)11(3)4)12-9-15(23)17-13(21)6-7-14(22)18(17)19(12)24/h5-7,9,11,16,21-22H,8H2,1-4H3/t16-/m1/s1. The smallest absolute Gasteiger partial charge is 0.308 e. The number of Topliss-reactive ketones (excluding diaryl/α,β-unsaturated/α-hetero) is 1. The van der Waals surface area contributed by atoms with Gasteiger partial charge >= 0.3 is 5.97 Å². The van der Waals surface area contributed by atoms with E-state index in [1.807, 2.05) is 13.8 Å². The molecule has 2 rings (SSSR count). The summed E-state index contributed by atoms with van der Waals surface area (Å²) in [6, 6.07) is 2.30. The molecule has 1 aliphatic carbocycles. The third kappa shape index (κ3) is 3.85. The summed E-state index contributed by atoms with van der Waals surface area (Å²) in [7, 11) is 0. The average molecular weight is 358 g/mol. The SMILES string of the molecule is CC(C)=CC[C@@H](OC(=O)C(C)C)C1=CC(=O)c2c(O)ccc(O)c2C1=O. The van der Waals surface area contributed by atoms with Crippen molar-refractivity contribution in [1.82, 2.24) is 0 Å². The molecule has 0 amide bonds. The van der Waals surface area contributed by atoms with Gasteiger partial charge in [0.1, 0.15) is 17.6 Å². The minimum atomic E-state index is -0.953. The molecule has 1 aromatic rings. The van der Waals surface area contributed by atoms with E-state index in [0.717, 1.165) is 23.8 Å². The number of hydrogen-bond acceptors (Lipinski definition) is 6. The number of phenolic OH excluding ortho intramolecular Hbond substituents is 2. The number of benzene rings is 1. The van der Waals surface area contributed by atoms with Crippen molar-refractivity contribution in [3.63, 3.8) is 0 Å². The molecule has 6 heteroatoms. The molecule has 2 N–H and O–H groups in total. The van der Waals surface area contributed by atoms with Crippen LogP contribution in [0.3, 0.4) is 0 Å². The first-order valence-electron chi connectivity index (χ1n) is 8.32. The Morgan fingerprint density at radius 1 is 1.12 bits per heavy atom. The lowest BCUT2D eigenvalue weighted by Gasteiger charge is -2.24. The quantitative estimate of drug-likeness (QED) is 0.476. The Kier molecular flexibility index (Phi) is 5.65. The van der Waals surface area contributed by atoms with Gasteiger partial charge in [0.2, 0.25) is 0 Å². The van der Waals surface area contributed by atoms with Crippen molar-refractivity contribution in [1.29, 1.82) is 0 Å². The molecule has 0 aromatic heterocycles. The summed E-state index contributed by atoms with van der Waals surface area (Å²) in [5.74, 6) is -2.94. The topological polar surface area (TPSA) is 101 Å². The molecule has 0 saturated carbocycles. The van der Waals surface area contributed by atoms with E-state index < -0.39 is 35.3 Å². The second kappa shape index (κ2) is 7.56. The van der Waals surface area contributed by atoms with Crippen molar-refractivity contribution in [2.75, 3.05) is 0 Å². The van der Waals surface area contributed by atoms with Crippen LogP contribution in [0.1, 0.15) is 54.8 Å². The van der Waals surface area contributed by atoms with Gasteiger partial charge in [-0.3, -0.25) is 14.4 Å². The number of ether oxygens (including phenoxy) is 1. The van der Waals surface area contributed by atoms with E-state index in [9.17, 15) is 24.6 Å². The number of rotatable bonds is 5. The van der Waals surface area contributed by atoms with Crippen molar-refractivity contribution in [2.45, 2.75) is 40.2 Å². The van der Waals surface area contributed by atoms with Crippen molar-refractivity contribution >= 4 is 17.5 Å². The zero-order chi connectivity index (χ0) is 19.6. The van der Waals surface area contributed by atoms with Crippen molar-refractivity contribution < 1.29 is 29.3 Å². The van der Waals surface area contributed by atoms with E-state index in [-0.39, 0.29) is 28.9 Å². The van der Waals surface area contributed by atoms with Gasteiger partial charge in [-0.2, -0.15) is 0 Å². The highest BCUT2D eigenvalue weighted by Gasteiger charge is 2.35. The number of carbonyl (C=O) groups excluding carboxylic acids is 3. The molecule has 6 nitrogen and oxygen atoms in total. The van der Waals surface area contributed by atoms with Crippen LogP contribution < -0.4 is 0 Å². The third-order valence-corrected chi connectivity index (χ3v) is 4.00. The number of fused-ring (bicyclic) bond motifs is 1. The maximum atomic E-state index is 12.9. The highest BCUT2D eigenvalue weighted by molar-refractivity contribution is 6.27. The van der Waals surface area contributed by atoms with Gasteiger partial charge in [-0.1, -0.05) is 25.5 Å². The summed E-state index contributed by atoms with van der Waals surface area (Å²) in [5, 5.41) is 19.9. The zero-order valence-electron chi connectivity index (χ0n) is 15.2. The molecule has 0 bridgehead atoms. The number of esters is 1. The number of aromatic hydroxyl groups is 2. The number of carbonyl (C=O) groups is 3. The van der Waals surface area contributed by atoms with Crippen LogP contribution >= 0.6 is 0 Å². The molecule has 0 spiro atoms. The first kappa shape index (κ1) is 19.4. The highest BCUT2D eigenvalue weighted by atomic mass is 16.5. The maximum Gasteiger partial charge on any atom is 0.308 e. The fraction of sp³-hybridized carbons (Fsp3) is 0.350. The van der Waals surface area contributed by atoms with Crippen LogP contribution in [0.25, 0.3) is 0 Å². The Bertz CT molecular complexity index is 825. The Balaban J connectivity index is 2.50. The molecule has 0 unspecified atom stereocenters. The van der Waals surface area contributed by atoms with Crippen LogP contribution in [0.2, 0.25) is 0 Å². The fourth-order valence-electron chi connectivity index (χ4n) is 2.58. The molecular weight excluding hydrogens is 336 g/mol. The summed E-state index contributed by atoms with van der Waals surface area (Å²) >= 11 is 0. The van der Waals surface area contributed by atoms with Crippen molar-refractivity contribution in [2.24, 2.45) is 5.92 Å². The molecule has 1 aromatic carbocycles. The predicted octanol–water partition coefficient (Wildman–Crippen LogP) is 3.33. The van der Waals surface area contributed by atoms with E-state index in [1.165, 1.54) is 0 Å². The number of phenols is 2. The highest BCUT2D eigenvalue weighted by Crippen LogP contribution is 2.36. The summed E-state index contributed by atoms with van der Waals surface area (Å²) < 4.78 is 5.44. The molecule has 0 heterocycles. The number of allylic oxidation sites excluding steroid dienone is 2. The molecule has 138 valence electrons. The van der Waals surface area contributed by atoms with E-state index in [0.29, 0.717) is 0 Å². The van der Waals surface area contributed by atoms with Gasteiger partial charge in [-0.25, -0.2) is 0 Å². The average Bonchev–Trinajstić information content (AvgIpc) is 2.56. The van der Waals surface area contributed by atoms with Gasteiger partial charge in [0.05, 0.1) is 17.0 Å². The maximum absolute atomic E-state index is 12.9. The lowest BCUT2D eigenvalue weighted by molar-refractivity contribution is -0.150.